The number of hydrogen-bond donors (Lipinski definition) is 0. The van der Waals surface area contributed by atoms with Crippen LogP contribution in [0.4, 0.5) is 0 Å². The van der Waals surface area contributed by atoms with E-state index in [2.05, 4.69) is 5.10 Å². The Labute approximate surface area is 99.3 Å². The van der Waals surface area contributed by atoms with Crippen molar-refractivity contribution in [3.8, 4) is 0 Å². The van der Waals surface area contributed by atoms with Crippen molar-refractivity contribution < 1.29 is 14.3 Å². The fraction of sp³-hybridized carbons (Fsp3) is 0.600. The van der Waals surface area contributed by atoms with Crippen molar-refractivity contribution in [3.63, 3.8) is 0 Å². The first kappa shape index (κ1) is 13.2. The zero-order valence-electron chi connectivity index (χ0n) is 9.40. The van der Waals surface area contributed by atoms with E-state index in [0.29, 0.717) is 30.5 Å². The molecule has 0 unspecified atom stereocenters. The SMILES string of the molecule is CCOCC(=O)c1c(Cl)cnn1CCOC. The van der Waals surface area contributed by atoms with Crippen molar-refractivity contribution in [3.05, 3.63) is 16.9 Å². The highest BCUT2D eigenvalue weighted by Gasteiger charge is 2.17. The molecule has 0 saturated heterocycles. The maximum atomic E-state index is 11.8. The molecule has 0 amide bonds. The number of Topliss-reactive ketones (excluding diaryl/α,β-unsaturated/α-hetero) is 1. The monoisotopic (exact) mass is 246 g/mol. The zero-order chi connectivity index (χ0) is 12.0. The van der Waals surface area contributed by atoms with Crippen LogP contribution in [0.5, 0.6) is 0 Å². The van der Waals surface area contributed by atoms with Gasteiger partial charge in [0.05, 0.1) is 24.4 Å². The van der Waals surface area contributed by atoms with Gasteiger partial charge < -0.3 is 9.47 Å². The molecule has 0 atom stereocenters. The van der Waals surface area contributed by atoms with Gasteiger partial charge in [-0.05, 0) is 6.92 Å². The molecule has 0 saturated carbocycles. The van der Waals surface area contributed by atoms with E-state index >= 15 is 0 Å². The molecule has 1 heterocycles. The molecule has 0 radical (unpaired) electrons. The lowest BCUT2D eigenvalue weighted by Crippen LogP contribution is -2.17. The first-order chi connectivity index (χ1) is 7.70. The molecule has 6 heteroatoms. The van der Waals surface area contributed by atoms with E-state index in [9.17, 15) is 4.79 Å². The molecule has 0 aliphatic carbocycles. The molecule has 0 bridgehead atoms. The van der Waals surface area contributed by atoms with E-state index in [1.54, 1.807) is 7.11 Å². The van der Waals surface area contributed by atoms with E-state index in [4.69, 9.17) is 21.1 Å². The van der Waals surface area contributed by atoms with Gasteiger partial charge >= 0.3 is 0 Å². The van der Waals surface area contributed by atoms with Crippen LogP contribution in [0.2, 0.25) is 5.02 Å². The van der Waals surface area contributed by atoms with Gasteiger partial charge in [0.25, 0.3) is 0 Å². The minimum absolute atomic E-state index is 0.0227. The third-order valence-corrected chi connectivity index (χ3v) is 2.28. The number of ketones is 1. The number of hydrogen-bond acceptors (Lipinski definition) is 4. The topological polar surface area (TPSA) is 53.3 Å². The van der Waals surface area contributed by atoms with Gasteiger partial charge in [-0.25, -0.2) is 0 Å². The third kappa shape index (κ3) is 3.30. The predicted molar refractivity (Wildman–Crippen MR) is 59.9 cm³/mol. The molecular weight excluding hydrogens is 232 g/mol. The highest BCUT2D eigenvalue weighted by molar-refractivity contribution is 6.33. The summed E-state index contributed by atoms with van der Waals surface area (Å²) in [5.41, 5.74) is 0.382. The molecule has 0 spiro atoms. The number of methoxy groups -OCH3 is 1. The molecular formula is C10H15ClN2O3. The van der Waals surface area contributed by atoms with Gasteiger partial charge in [-0.1, -0.05) is 11.6 Å². The van der Waals surface area contributed by atoms with Crippen molar-refractivity contribution in [2.75, 3.05) is 26.9 Å². The Kier molecular flexibility index (Phi) is 5.45. The Bertz CT molecular complexity index is 352. The second kappa shape index (κ2) is 6.62. The molecule has 1 aromatic heterocycles. The van der Waals surface area contributed by atoms with Gasteiger partial charge in [-0.3, -0.25) is 9.48 Å². The van der Waals surface area contributed by atoms with Crippen LogP contribution < -0.4 is 0 Å². The van der Waals surface area contributed by atoms with Gasteiger partial charge in [-0.15, -0.1) is 0 Å². The second-order valence-corrected chi connectivity index (χ2v) is 3.52. The number of halogens is 1. The molecule has 16 heavy (non-hydrogen) atoms. The van der Waals surface area contributed by atoms with Crippen LogP contribution in [-0.4, -0.2) is 42.5 Å². The molecule has 0 aliphatic rings. The molecule has 1 aromatic rings. The van der Waals surface area contributed by atoms with Crippen LogP contribution in [0.15, 0.2) is 6.20 Å². The van der Waals surface area contributed by atoms with Crippen LogP contribution in [0.3, 0.4) is 0 Å². The molecule has 0 fully saturated rings. The van der Waals surface area contributed by atoms with E-state index in [0.717, 1.165) is 0 Å². The Morgan fingerprint density at radius 3 is 3.00 bits per heavy atom. The lowest BCUT2D eigenvalue weighted by molar-refractivity contribution is 0.0770. The lowest BCUT2D eigenvalue weighted by Gasteiger charge is -2.06. The summed E-state index contributed by atoms with van der Waals surface area (Å²) >= 11 is 5.90. The van der Waals surface area contributed by atoms with Gasteiger partial charge in [0.15, 0.2) is 0 Å². The standard InChI is InChI=1S/C10H15ClN2O3/c1-3-16-7-9(14)10-8(11)6-12-13(10)4-5-15-2/h6H,3-5,7H2,1-2H3. The smallest absolute Gasteiger partial charge is 0.207 e. The van der Waals surface area contributed by atoms with Crippen LogP contribution in [0, 0.1) is 0 Å². The normalized spacial score (nSPS) is 10.7. The summed E-state index contributed by atoms with van der Waals surface area (Å²) < 4.78 is 11.5. The van der Waals surface area contributed by atoms with E-state index < -0.39 is 0 Å². The Morgan fingerprint density at radius 2 is 2.38 bits per heavy atom. The summed E-state index contributed by atoms with van der Waals surface area (Å²) in [5.74, 6) is -0.166. The van der Waals surface area contributed by atoms with Crippen LogP contribution in [0.1, 0.15) is 17.4 Å². The van der Waals surface area contributed by atoms with E-state index in [-0.39, 0.29) is 12.4 Å². The van der Waals surface area contributed by atoms with E-state index in [1.807, 2.05) is 6.92 Å². The molecule has 1 rings (SSSR count). The van der Waals surface area contributed by atoms with Crippen molar-refractivity contribution in [2.24, 2.45) is 0 Å². The Balaban J connectivity index is 2.75. The molecule has 0 N–H and O–H groups in total. The molecule has 0 aliphatic heterocycles. The summed E-state index contributed by atoms with van der Waals surface area (Å²) in [7, 11) is 1.59. The summed E-state index contributed by atoms with van der Waals surface area (Å²) in [4.78, 5) is 11.8. The molecule has 5 nitrogen and oxygen atoms in total. The first-order valence-electron chi connectivity index (χ1n) is 5.01. The van der Waals surface area contributed by atoms with Crippen LogP contribution >= 0.6 is 11.6 Å². The summed E-state index contributed by atoms with van der Waals surface area (Å²) in [6.45, 7) is 3.32. The number of ether oxygens (including phenoxy) is 2. The van der Waals surface area contributed by atoms with Gasteiger partial charge in [0.1, 0.15) is 12.3 Å². The predicted octanol–water partition coefficient (Wildman–Crippen LogP) is 1.40. The number of aromatic nitrogens is 2. The average molecular weight is 247 g/mol. The van der Waals surface area contributed by atoms with E-state index in [1.165, 1.54) is 10.9 Å². The number of carbonyl (C=O) groups excluding carboxylic acids is 1. The minimum Gasteiger partial charge on any atom is -0.383 e. The highest BCUT2D eigenvalue weighted by Crippen LogP contribution is 2.15. The Morgan fingerprint density at radius 1 is 1.62 bits per heavy atom. The fourth-order valence-corrected chi connectivity index (χ4v) is 1.50. The maximum absolute atomic E-state index is 11.8. The van der Waals surface area contributed by atoms with Crippen molar-refractivity contribution in [1.29, 1.82) is 0 Å². The Hall–Kier alpha value is -0.910. The number of nitrogens with zero attached hydrogens (tertiary/aromatic N) is 2. The van der Waals surface area contributed by atoms with Gasteiger partial charge in [0, 0.05) is 13.7 Å². The largest absolute Gasteiger partial charge is 0.383 e. The fourth-order valence-electron chi connectivity index (χ4n) is 1.25. The quantitative estimate of drug-likeness (QED) is 0.683. The van der Waals surface area contributed by atoms with Crippen molar-refractivity contribution >= 4 is 17.4 Å². The third-order valence-electron chi connectivity index (χ3n) is 2.00. The second-order valence-electron chi connectivity index (χ2n) is 3.12. The maximum Gasteiger partial charge on any atom is 0.207 e. The molecule has 0 aromatic carbocycles. The van der Waals surface area contributed by atoms with Gasteiger partial charge in [0.2, 0.25) is 5.78 Å². The van der Waals surface area contributed by atoms with Crippen molar-refractivity contribution in [1.82, 2.24) is 9.78 Å². The first-order valence-corrected chi connectivity index (χ1v) is 5.39. The average Bonchev–Trinajstić information content (AvgIpc) is 2.64. The van der Waals surface area contributed by atoms with Crippen molar-refractivity contribution in [2.45, 2.75) is 13.5 Å². The van der Waals surface area contributed by atoms with Crippen LogP contribution in [0.25, 0.3) is 0 Å². The highest BCUT2D eigenvalue weighted by atomic mass is 35.5. The molecule has 90 valence electrons. The zero-order valence-corrected chi connectivity index (χ0v) is 10.2. The summed E-state index contributed by atoms with van der Waals surface area (Å²) in [6, 6.07) is 0. The lowest BCUT2D eigenvalue weighted by atomic mass is 10.3. The van der Waals surface area contributed by atoms with Crippen LogP contribution in [-0.2, 0) is 16.0 Å². The minimum atomic E-state index is -0.166. The van der Waals surface area contributed by atoms with Gasteiger partial charge in [-0.2, -0.15) is 5.10 Å². The summed E-state index contributed by atoms with van der Waals surface area (Å²) in [6.07, 6.45) is 1.45. The number of rotatable bonds is 7. The summed E-state index contributed by atoms with van der Waals surface area (Å²) in [5, 5.41) is 4.36. The number of carbonyl (C=O) groups is 1.